The van der Waals surface area contributed by atoms with Gasteiger partial charge in [-0.25, -0.2) is 0 Å². The Hall–Kier alpha value is -0.330. The van der Waals surface area contributed by atoms with Gasteiger partial charge in [-0.05, 0) is 12.8 Å². The van der Waals surface area contributed by atoms with Crippen molar-refractivity contribution in [1.82, 2.24) is 0 Å². The molecule has 0 N–H and O–H groups in total. The van der Waals surface area contributed by atoms with E-state index in [1.54, 1.807) is 0 Å². The first kappa shape index (κ1) is 10.7. The van der Waals surface area contributed by atoms with Crippen LogP contribution in [0.2, 0.25) is 0 Å². The molecule has 0 aliphatic heterocycles. The van der Waals surface area contributed by atoms with E-state index in [0.29, 0.717) is 0 Å². The van der Waals surface area contributed by atoms with E-state index >= 15 is 0 Å². The van der Waals surface area contributed by atoms with E-state index in [4.69, 9.17) is 0 Å². The standard InChI is InChI=1S/C10H19O/c1-4-6-7-8-10(5-2)9(3)11/h10H,3-8H2,1-2H3. The SMILES string of the molecule is [CH2]C(=O)C(CC)CCCCC. The minimum absolute atomic E-state index is 0.114. The molecular weight excluding hydrogens is 136 g/mol. The summed E-state index contributed by atoms with van der Waals surface area (Å²) >= 11 is 0. The first-order chi connectivity index (χ1) is 5.22. The lowest BCUT2D eigenvalue weighted by molar-refractivity contribution is -0.118. The number of hydrogen-bond donors (Lipinski definition) is 0. The molecule has 0 saturated carbocycles. The van der Waals surface area contributed by atoms with Crippen molar-refractivity contribution in [3.8, 4) is 0 Å². The van der Waals surface area contributed by atoms with Crippen molar-refractivity contribution in [3.63, 3.8) is 0 Å². The van der Waals surface area contributed by atoms with Crippen LogP contribution in [0.15, 0.2) is 0 Å². The van der Waals surface area contributed by atoms with Crippen molar-refractivity contribution in [2.75, 3.05) is 0 Å². The lowest BCUT2D eigenvalue weighted by atomic mass is 9.95. The van der Waals surface area contributed by atoms with Crippen molar-refractivity contribution in [3.05, 3.63) is 6.92 Å². The van der Waals surface area contributed by atoms with Crippen molar-refractivity contribution in [2.45, 2.75) is 46.0 Å². The number of Topliss-reactive ketones (excluding diaryl/α,β-unsaturated/α-hetero) is 1. The summed E-state index contributed by atoms with van der Waals surface area (Å²) in [5.41, 5.74) is 0. The van der Waals surface area contributed by atoms with Gasteiger partial charge < -0.3 is 0 Å². The molecule has 1 unspecified atom stereocenters. The van der Waals surface area contributed by atoms with Crippen molar-refractivity contribution in [2.24, 2.45) is 5.92 Å². The lowest BCUT2D eigenvalue weighted by Crippen LogP contribution is -2.09. The maximum atomic E-state index is 10.9. The monoisotopic (exact) mass is 155 g/mol. The topological polar surface area (TPSA) is 17.1 Å². The van der Waals surface area contributed by atoms with E-state index in [2.05, 4.69) is 20.8 Å². The molecule has 0 aromatic heterocycles. The highest BCUT2D eigenvalue weighted by Gasteiger charge is 2.09. The molecule has 0 aromatic carbocycles. The zero-order valence-electron chi connectivity index (χ0n) is 7.73. The number of unbranched alkanes of at least 4 members (excludes halogenated alkanes) is 2. The number of rotatable bonds is 6. The van der Waals surface area contributed by atoms with Gasteiger partial charge in [0.25, 0.3) is 0 Å². The van der Waals surface area contributed by atoms with Crippen LogP contribution in [0, 0.1) is 12.8 Å². The Balaban J connectivity index is 3.44. The van der Waals surface area contributed by atoms with E-state index in [0.717, 1.165) is 12.8 Å². The fraction of sp³-hybridized carbons (Fsp3) is 0.800. The average molecular weight is 155 g/mol. The van der Waals surface area contributed by atoms with Crippen LogP contribution in [0.4, 0.5) is 0 Å². The molecule has 0 amide bonds. The molecule has 0 aliphatic rings. The number of carbonyl (C=O) groups is 1. The quantitative estimate of drug-likeness (QED) is 0.539. The Labute approximate surface area is 70.2 Å². The molecule has 0 aromatic rings. The van der Waals surface area contributed by atoms with Gasteiger partial charge in [0.05, 0.1) is 0 Å². The normalized spacial score (nSPS) is 13.0. The highest BCUT2D eigenvalue weighted by molar-refractivity contribution is 5.84. The van der Waals surface area contributed by atoms with Gasteiger partial charge in [-0.1, -0.05) is 33.1 Å². The molecule has 1 atom stereocenters. The molecule has 0 saturated heterocycles. The van der Waals surface area contributed by atoms with Crippen LogP contribution in [0.25, 0.3) is 0 Å². The largest absolute Gasteiger partial charge is 0.299 e. The van der Waals surface area contributed by atoms with Gasteiger partial charge in [0.1, 0.15) is 5.78 Å². The van der Waals surface area contributed by atoms with Gasteiger partial charge in [-0.15, -0.1) is 0 Å². The number of ketones is 1. The van der Waals surface area contributed by atoms with Crippen LogP contribution in [-0.4, -0.2) is 5.78 Å². The summed E-state index contributed by atoms with van der Waals surface area (Å²) in [6.07, 6.45) is 5.63. The molecule has 1 radical (unpaired) electrons. The average Bonchev–Trinajstić information content (AvgIpc) is 1.97. The van der Waals surface area contributed by atoms with Gasteiger partial charge in [-0.2, -0.15) is 0 Å². The highest BCUT2D eigenvalue weighted by atomic mass is 16.1. The molecule has 0 heterocycles. The smallest absolute Gasteiger partial charge is 0.136 e. The third-order valence-corrected chi connectivity index (χ3v) is 2.10. The van der Waals surface area contributed by atoms with E-state index in [-0.39, 0.29) is 11.7 Å². The summed E-state index contributed by atoms with van der Waals surface area (Å²) in [6, 6.07) is 0. The molecule has 65 valence electrons. The van der Waals surface area contributed by atoms with Crippen LogP contribution in [-0.2, 0) is 4.79 Å². The maximum absolute atomic E-state index is 10.9. The summed E-state index contributed by atoms with van der Waals surface area (Å²) in [5.74, 6) is 0.338. The molecular formula is C10H19O. The highest BCUT2D eigenvalue weighted by Crippen LogP contribution is 2.13. The van der Waals surface area contributed by atoms with Crippen molar-refractivity contribution >= 4 is 5.78 Å². The molecule has 0 spiro atoms. The Morgan fingerprint density at radius 3 is 2.36 bits per heavy atom. The third kappa shape index (κ3) is 5.00. The Bertz CT molecular complexity index is 107. The van der Waals surface area contributed by atoms with E-state index in [9.17, 15) is 4.79 Å². The van der Waals surface area contributed by atoms with Crippen LogP contribution in [0.3, 0.4) is 0 Å². The van der Waals surface area contributed by atoms with Crippen LogP contribution in [0.5, 0.6) is 0 Å². The Morgan fingerprint density at radius 2 is 2.00 bits per heavy atom. The summed E-state index contributed by atoms with van der Waals surface area (Å²) in [6.45, 7) is 7.68. The predicted octanol–water partition coefficient (Wildman–Crippen LogP) is 3.00. The van der Waals surface area contributed by atoms with E-state index < -0.39 is 0 Å². The van der Waals surface area contributed by atoms with Crippen LogP contribution >= 0.6 is 0 Å². The minimum atomic E-state index is 0.114. The molecule has 1 nitrogen and oxygen atoms in total. The molecule has 11 heavy (non-hydrogen) atoms. The maximum Gasteiger partial charge on any atom is 0.136 e. The van der Waals surface area contributed by atoms with Gasteiger partial charge in [-0.3, -0.25) is 4.79 Å². The van der Waals surface area contributed by atoms with Crippen LogP contribution < -0.4 is 0 Å². The fourth-order valence-corrected chi connectivity index (χ4v) is 1.23. The first-order valence-corrected chi connectivity index (χ1v) is 4.58. The van der Waals surface area contributed by atoms with Gasteiger partial charge in [0.2, 0.25) is 0 Å². The number of carbonyl (C=O) groups excluding carboxylic acids is 1. The van der Waals surface area contributed by atoms with E-state index in [1.165, 1.54) is 19.3 Å². The second kappa shape index (κ2) is 6.38. The molecule has 0 bridgehead atoms. The van der Waals surface area contributed by atoms with Crippen LogP contribution in [0.1, 0.15) is 46.0 Å². The van der Waals surface area contributed by atoms with Crippen molar-refractivity contribution < 1.29 is 4.79 Å². The summed E-state index contributed by atoms with van der Waals surface area (Å²) in [5, 5.41) is 0. The molecule has 1 heteroatoms. The van der Waals surface area contributed by atoms with Gasteiger partial charge in [0.15, 0.2) is 0 Å². The Kier molecular flexibility index (Phi) is 6.19. The third-order valence-electron chi connectivity index (χ3n) is 2.10. The molecule has 0 rings (SSSR count). The van der Waals surface area contributed by atoms with Crippen molar-refractivity contribution in [1.29, 1.82) is 0 Å². The predicted molar refractivity (Wildman–Crippen MR) is 48.3 cm³/mol. The lowest BCUT2D eigenvalue weighted by Gasteiger charge is -2.09. The molecule has 0 fully saturated rings. The van der Waals surface area contributed by atoms with E-state index in [1.807, 2.05) is 0 Å². The second-order valence-electron chi connectivity index (χ2n) is 3.07. The van der Waals surface area contributed by atoms with Gasteiger partial charge >= 0.3 is 0 Å². The van der Waals surface area contributed by atoms with Gasteiger partial charge in [0, 0.05) is 12.8 Å². The summed E-state index contributed by atoms with van der Waals surface area (Å²) in [7, 11) is 0. The second-order valence-corrected chi connectivity index (χ2v) is 3.07. The zero-order chi connectivity index (χ0) is 8.69. The minimum Gasteiger partial charge on any atom is -0.299 e. The zero-order valence-corrected chi connectivity index (χ0v) is 7.73. The number of hydrogen-bond acceptors (Lipinski definition) is 1. The Morgan fingerprint density at radius 1 is 1.36 bits per heavy atom. The summed E-state index contributed by atoms with van der Waals surface area (Å²) in [4.78, 5) is 10.9. The fourth-order valence-electron chi connectivity index (χ4n) is 1.23. The summed E-state index contributed by atoms with van der Waals surface area (Å²) < 4.78 is 0. The molecule has 0 aliphatic carbocycles. The first-order valence-electron chi connectivity index (χ1n) is 4.58.